The van der Waals surface area contributed by atoms with Gasteiger partial charge in [-0.05, 0) is 25.7 Å². The first-order chi connectivity index (χ1) is 7.65. The van der Waals surface area contributed by atoms with E-state index in [0.29, 0.717) is 11.0 Å². The number of rotatable bonds is 5. The van der Waals surface area contributed by atoms with Gasteiger partial charge in [-0.15, -0.1) is 0 Å². The van der Waals surface area contributed by atoms with E-state index in [2.05, 4.69) is 16.7 Å². The fourth-order valence-corrected chi connectivity index (χ4v) is 2.71. The monoisotopic (exact) mass is 241 g/mol. The van der Waals surface area contributed by atoms with Crippen molar-refractivity contribution in [2.45, 2.75) is 32.2 Å². The van der Waals surface area contributed by atoms with Gasteiger partial charge in [0.2, 0.25) is 0 Å². The molecule has 3 nitrogen and oxygen atoms in total. The molecule has 1 aliphatic heterocycles. The van der Waals surface area contributed by atoms with Crippen LogP contribution in [0.1, 0.15) is 26.2 Å². The number of thiocarbonyl (C=S) groups is 1. The minimum atomic E-state index is 0.514. The number of piperazine rings is 1. The van der Waals surface area contributed by atoms with Crippen molar-refractivity contribution in [3.63, 3.8) is 0 Å². The molecule has 4 heteroatoms. The number of hydrogen-bond acceptors (Lipinski definition) is 3. The second kappa shape index (κ2) is 5.43. The Kier molecular flexibility index (Phi) is 4.16. The maximum Gasteiger partial charge on any atom is 0.0742 e. The maximum absolute atomic E-state index is 5.60. The van der Waals surface area contributed by atoms with Crippen LogP contribution in [-0.4, -0.2) is 53.6 Å². The maximum atomic E-state index is 5.60. The van der Waals surface area contributed by atoms with Crippen LogP contribution >= 0.6 is 12.2 Å². The molecule has 0 radical (unpaired) electrons. The van der Waals surface area contributed by atoms with Crippen LogP contribution in [0.3, 0.4) is 0 Å². The fraction of sp³-hybridized carbons (Fsp3) is 0.917. The molecule has 92 valence electrons. The van der Waals surface area contributed by atoms with Crippen LogP contribution < -0.4 is 5.73 Å². The SMILES string of the molecule is CC(CC(N)=S)N1CCN(CC2CC2)CC1. The molecule has 1 saturated heterocycles. The average molecular weight is 241 g/mol. The minimum Gasteiger partial charge on any atom is -0.393 e. The zero-order chi connectivity index (χ0) is 11.5. The Bertz CT molecular complexity index is 245. The predicted molar refractivity (Wildman–Crippen MR) is 71.6 cm³/mol. The van der Waals surface area contributed by atoms with Crippen molar-refractivity contribution in [1.29, 1.82) is 0 Å². The third-order valence-corrected chi connectivity index (χ3v) is 3.91. The van der Waals surface area contributed by atoms with Gasteiger partial charge >= 0.3 is 0 Å². The summed E-state index contributed by atoms with van der Waals surface area (Å²) >= 11 is 4.97. The Morgan fingerprint density at radius 1 is 1.31 bits per heavy atom. The van der Waals surface area contributed by atoms with Crippen molar-refractivity contribution in [3.05, 3.63) is 0 Å². The van der Waals surface area contributed by atoms with Gasteiger partial charge in [-0.25, -0.2) is 0 Å². The Morgan fingerprint density at radius 2 is 1.94 bits per heavy atom. The molecule has 0 bridgehead atoms. The summed E-state index contributed by atoms with van der Waals surface area (Å²) < 4.78 is 0. The Balaban J connectivity index is 1.68. The lowest BCUT2D eigenvalue weighted by molar-refractivity contribution is 0.102. The molecule has 0 spiro atoms. The van der Waals surface area contributed by atoms with Crippen molar-refractivity contribution in [3.8, 4) is 0 Å². The van der Waals surface area contributed by atoms with E-state index in [1.165, 1.54) is 45.6 Å². The van der Waals surface area contributed by atoms with Crippen LogP contribution in [0, 0.1) is 5.92 Å². The molecule has 2 aliphatic rings. The Hall–Kier alpha value is -0.190. The first kappa shape index (κ1) is 12.3. The smallest absolute Gasteiger partial charge is 0.0742 e. The molecular weight excluding hydrogens is 218 g/mol. The van der Waals surface area contributed by atoms with E-state index in [-0.39, 0.29) is 0 Å². The van der Waals surface area contributed by atoms with E-state index in [4.69, 9.17) is 18.0 Å². The highest BCUT2D eigenvalue weighted by atomic mass is 32.1. The molecule has 2 rings (SSSR count). The van der Waals surface area contributed by atoms with Crippen LogP contribution in [0.15, 0.2) is 0 Å². The summed E-state index contributed by atoms with van der Waals surface area (Å²) in [5, 5.41) is 0. The van der Waals surface area contributed by atoms with E-state index < -0.39 is 0 Å². The Labute approximate surface area is 104 Å². The van der Waals surface area contributed by atoms with Gasteiger partial charge in [-0.2, -0.15) is 0 Å². The van der Waals surface area contributed by atoms with Gasteiger partial charge in [0.1, 0.15) is 0 Å². The molecule has 2 N–H and O–H groups in total. The summed E-state index contributed by atoms with van der Waals surface area (Å²) in [7, 11) is 0. The summed E-state index contributed by atoms with van der Waals surface area (Å²) in [6.45, 7) is 8.36. The topological polar surface area (TPSA) is 32.5 Å². The molecule has 0 aromatic heterocycles. The second-order valence-corrected chi connectivity index (χ2v) is 5.82. The summed E-state index contributed by atoms with van der Waals surface area (Å²) in [6, 6.07) is 0.514. The van der Waals surface area contributed by atoms with Gasteiger partial charge in [0.25, 0.3) is 0 Å². The van der Waals surface area contributed by atoms with Crippen molar-refractivity contribution in [2.24, 2.45) is 11.7 Å². The molecule has 0 aromatic rings. The normalized spacial score (nSPS) is 25.6. The van der Waals surface area contributed by atoms with Crippen molar-refractivity contribution in [2.75, 3.05) is 32.7 Å². The lowest BCUT2D eigenvalue weighted by atomic mass is 10.1. The number of nitrogens with two attached hydrogens (primary N) is 1. The van der Waals surface area contributed by atoms with Crippen LogP contribution in [0.2, 0.25) is 0 Å². The Morgan fingerprint density at radius 3 is 2.44 bits per heavy atom. The molecule has 1 heterocycles. The van der Waals surface area contributed by atoms with Gasteiger partial charge < -0.3 is 10.6 Å². The molecule has 0 amide bonds. The summed E-state index contributed by atoms with van der Waals surface area (Å²) in [5.74, 6) is 1.01. The van der Waals surface area contributed by atoms with Crippen LogP contribution in [0.5, 0.6) is 0 Å². The molecule has 1 unspecified atom stereocenters. The molecule has 1 saturated carbocycles. The number of hydrogen-bond donors (Lipinski definition) is 1. The molecule has 2 fully saturated rings. The second-order valence-electron chi connectivity index (χ2n) is 5.30. The van der Waals surface area contributed by atoms with Crippen LogP contribution in [0.4, 0.5) is 0 Å². The lowest BCUT2D eigenvalue weighted by Gasteiger charge is -2.38. The highest BCUT2D eigenvalue weighted by molar-refractivity contribution is 7.80. The van der Waals surface area contributed by atoms with E-state index >= 15 is 0 Å². The van der Waals surface area contributed by atoms with Crippen molar-refractivity contribution in [1.82, 2.24) is 9.80 Å². The number of nitrogens with zero attached hydrogens (tertiary/aromatic N) is 2. The third kappa shape index (κ3) is 3.68. The minimum absolute atomic E-state index is 0.514. The van der Waals surface area contributed by atoms with Gasteiger partial charge in [-0.3, -0.25) is 4.90 Å². The average Bonchev–Trinajstić information content (AvgIpc) is 3.01. The molecule has 16 heavy (non-hydrogen) atoms. The largest absolute Gasteiger partial charge is 0.393 e. The molecular formula is C12H23N3S. The fourth-order valence-electron chi connectivity index (χ4n) is 2.47. The van der Waals surface area contributed by atoms with Gasteiger partial charge in [0.15, 0.2) is 0 Å². The van der Waals surface area contributed by atoms with Gasteiger partial charge in [0.05, 0.1) is 4.99 Å². The quantitative estimate of drug-likeness (QED) is 0.730. The summed E-state index contributed by atoms with van der Waals surface area (Å²) in [4.78, 5) is 5.78. The first-order valence-electron chi connectivity index (χ1n) is 6.40. The van der Waals surface area contributed by atoms with Crippen molar-refractivity contribution < 1.29 is 0 Å². The predicted octanol–water partition coefficient (Wildman–Crippen LogP) is 1.08. The third-order valence-electron chi connectivity index (χ3n) is 3.74. The lowest BCUT2D eigenvalue weighted by Crippen LogP contribution is -2.50. The standard InChI is InChI=1S/C12H23N3S/c1-10(8-12(13)16)15-6-4-14(5-7-15)9-11-2-3-11/h10-11H,2-9H2,1H3,(H2,13,16). The van der Waals surface area contributed by atoms with Crippen LogP contribution in [-0.2, 0) is 0 Å². The van der Waals surface area contributed by atoms with Gasteiger partial charge in [-0.1, -0.05) is 12.2 Å². The van der Waals surface area contributed by atoms with E-state index in [1.54, 1.807) is 0 Å². The molecule has 1 aliphatic carbocycles. The highest BCUT2D eigenvalue weighted by Crippen LogP contribution is 2.30. The summed E-state index contributed by atoms with van der Waals surface area (Å²) in [6.07, 6.45) is 3.77. The van der Waals surface area contributed by atoms with E-state index in [9.17, 15) is 0 Å². The summed E-state index contributed by atoms with van der Waals surface area (Å²) in [5.41, 5.74) is 5.60. The zero-order valence-electron chi connectivity index (χ0n) is 10.2. The van der Waals surface area contributed by atoms with Gasteiger partial charge in [0, 0.05) is 45.2 Å². The van der Waals surface area contributed by atoms with Crippen LogP contribution in [0.25, 0.3) is 0 Å². The zero-order valence-corrected chi connectivity index (χ0v) is 11.0. The molecule has 1 atom stereocenters. The van der Waals surface area contributed by atoms with E-state index in [0.717, 1.165) is 12.3 Å². The first-order valence-corrected chi connectivity index (χ1v) is 6.80. The highest BCUT2D eigenvalue weighted by Gasteiger charge is 2.27. The van der Waals surface area contributed by atoms with Crippen molar-refractivity contribution >= 4 is 17.2 Å². The molecule has 0 aromatic carbocycles. The van der Waals surface area contributed by atoms with E-state index in [1.807, 2.05) is 0 Å².